The van der Waals surface area contributed by atoms with Crippen molar-refractivity contribution in [3.05, 3.63) is 23.3 Å². The van der Waals surface area contributed by atoms with E-state index in [4.69, 9.17) is 15.2 Å². The predicted octanol–water partition coefficient (Wildman–Crippen LogP) is 1.95. The van der Waals surface area contributed by atoms with E-state index in [1.54, 1.807) is 26.2 Å². The van der Waals surface area contributed by atoms with Gasteiger partial charge in [-0.15, -0.1) is 0 Å². The average molecular weight is 294 g/mol. The number of amides is 1. The van der Waals surface area contributed by atoms with Crippen molar-refractivity contribution in [3.63, 3.8) is 0 Å². The molecule has 0 fully saturated rings. The Morgan fingerprint density at radius 2 is 1.76 bits per heavy atom. The minimum absolute atomic E-state index is 0.0409. The van der Waals surface area contributed by atoms with E-state index in [2.05, 4.69) is 0 Å². The first-order valence-corrected chi connectivity index (χ1v) is 7.03. The molecule has 0 saturated heterocycles. The van der Waals surface area contributed by atoms with E-state index < -0.39 is 0 Å². The summed E-state index contributed by atoms with van der Waals surface area (Å²) in [5, 5.41) is 0. The van der Waals surface area contributed by atoms with Crippen LogP contribution in [0.4, 0.5) is 0 Å². The molecule has 2 unspecified atom stereocenters. The minimum atomic E-state index is -0.199. The molecular weight excluding hydrogens is 268 g/mol. The summed E-state index contributed by atoms with van der Waals surface area (Å²) in [6, 6.07) is 3.67. The molecule has 1 amide bonds. The number of aryl methyl sites for hydroxylation is 1. The number of hydrogen-bond donors (Lipinski definition) is 1. The number of nitrogens with two attached hydrogens (primary N) is 1. The Labute approximate surface area is 127 Å². The lowest BCUT2D eigenvalue weighted by Crippen LogP contribution is -2.39. The molecule has 1 aromatic rings. The zero-order chi connectivity index (χ0) is 16.2. The first-order valence-electron chi connectivity index (χ1n) is 7.03. The van der Waals surface area contributed by atoms with E-state index in [0.29, 0.717) is 18.0 Å². The van der Waals surface area contributed by atoms with Gasteiger partial charge in [0.25, 0.3) is 0 Å². The Morgan fingerprint density at radius 3 is 2.24 bits per heavy atom. The van der Waals surface area contributed by atoms with Crippen molar-refractivity contribution < 1.29 is 14.3 Å². The highest BCUT2D eigenvalue weighted by atomic mass is 16.5. The van der Waals surface area contributed by atoms with Gasteiger partial charge in [0.15, 0.2) is 11.5 Å². The molecule has 0 heterocycles. The summed E-state index contributed by atoms with van der Waals surface area (Å²) in [5.74, 6) is 1.20. The number of nitrogens with zero attached hydrogens (tertiary/aromatic N) is 1. The minimum Gasteiger partial charge on any atom is -0.493 e. The predicted molar refractivity (Wildman–Crippen MR) is 83.6 cm³/mol. The van der Waals surface area contributed by atoms with Crippen molar-refractivity contribution in [2.45, 2.75) is 33.4 Å². The van der Waals surface area contributed by atoms with Gasteiger partial charge in [0.05, 0.1) is 20.1 Å². The van der Waals surface area contributed by atoms with Gasteiger partial charge in [-0.05, 0) is 37.1 Å². The van der Waals surface area contributed by atoms with Gasteiger partial charge in [-0.2, -0.15) is 0 Å². The summed E-state index contributed by atoms with van der Waals surface area (Å²) in [4.78, 5) is 14.0. The van der Waals surface area contributed by atoms with E-state index in [1.165, 1.54) is 0 Å². The maximum absolute atomic E-state index is 12.3. The number of carbonyl (C=O) groups is 1. The number of ether oxygens (including phenoxy) is 2. The third kappa shape index (κ3) is 4.11. The fraction of sp³-hybridized carbons (Fsp3) is 0.562. The molecule has 118 valence electrons. The second-order valence-electron chi connectivity index (χ2n) is 5.48. The van der Waals surface area contributed by atoms with Crippen molar-refractivity contribution >= 4 is 5.91 Å². The highest BCUT2D eigenvalue weighted by Gasteiger charge is 2.21. The monoisotopic (exact) mass is 294 g/mol. The fourth-order valence-electron chi connectivity index (χ4n) is 2.10. The van der Waals surface area contributed by atoms with Crippen LogP contribution < -0.4 is 15.2 Å². The van der Waals surface area contributed by atoms with Gasteiger partial charge in [0.2, 0.25) is 5.91 Å². The molecule has 0 spiro atoms. The number of carbonyl (C=O) groups excluding carboxylic acids is 1. The van der Waals surface area contributed by atoms with E-state index in [0.717, 1.165) is 11.1 Å². The average Bonchev–Trinajstić information content (AvgIpc) is 2.46. The van der Waals surface area contributed by atoms with Crippen LogP contribution in [-0.4, -0.2) is 38.1 Å². The van der Waals surface area contributed by atoms with Crippen LogP contribution >= 0.6 is 0 Å². The van der Waals surface area contributed by atoms with Crippen LogP contribution in [-0.2, 0) is 11.3 Å². The lowest BCUT2D eigenvalue weighted by Gasteiger charge is -2.24. The fourth-order valence-corrected chi connectivity index (χ4v) is 2.10. The Kier molecular flexibility index (Phi) is 6.03. The van der Waals surface area contributed by atoms with Gasteiger partial charge >= 0.3 is 0 Å². The molecule has 5 nitrogen and oxygen atoms in total. The molecule has 0 radical (unpaired) electrons. The van der Waals surface area contributed by atoms with Gasteiger partial charge in [0, 0.05) is 19.6 Å². The van der Waals surface area contributed by atoms with E-state index >= 15 is 0 Å². The molecule has 0 aliphatic carbocycles. The van der Waals surface area contributed by atoms with E-state index in [1.807, 2.05) is 32.9 Å². The topological polar surface area (TPSA) is 64.8 Å². The molecule has 0 aromatic heterocycles. The summed E-state index contributed by atoms with van der Waals surface area (Å²) < 4.78 is 10.6. The standard InChI is InChI=1S/C16H26N2O3/c1-10-7-14(20-5)15(21-6)8-13(10)9-18(4)16(19)11(2)12(3)17/h7-8,11-12H,9,17H2,1-6H3. The summed E-state index contributed by atoms with van der Waals surface area (Å²) in [5.41, 5.74) is 7.88. The van der Waals surface area contributed by atoms with E-state index in [9.17, 15) is 4.79 Å². The van der Waals surface area contributed by atoms with Crippen LogP contribution in [0.15, 0.2) is 12.1 Å². The Hall–Kier alpha value is -1.75. The lowest BCUT2D eigenvalue weighted by atomic mass is 10.0. The van der Waals surface area contributed by atoms with Crippen molar-refractivity contribution in [1.82, 2.24) is 4.90 Å². The van der Waals surface area contributed by atoms with Crippen LogP contribution in [0.3, 0.4) is 0 Å². The van der Waals surface area contributed by atoms with Crippen LogP contribution in [0.1, 0.15) is 25.0 Å². The van der Waals surface area contributed by atoms with Crippen LogP contribution in [0, 0.1) is 12.8 Å². The first-order chi connectivity index (χ1) is 9.81. The summed E-state index contributed by atoms with van der Waals surface area (Å²) >= 11 is 0. The molecule has 21 heavy (non-hydrogen) atoms. The quantitative estimate of drug-likeness (QED) is 0.871. The molecule has 5 heteroatoms. The summed E-state index contributed by atoms with van der Waals surface area (Å²) in [7, 11) is 5.00. The lowest BCUT2D eigenvalue weighted by molar-refractivity contribution is -0.134. The van der Waals surface area contributed by atoms with Crippen LogP contribution in [0.25, 0.3) is 0 Å². The van der Waals surface area contributed by atoms with Crippen molar-refractivity contribution in [2.75, 3.05) is 21.3 Å². The highest BCUT2D eigenvalue weighted by Crippen LogP contribution is 2.30. The summed E-state index contributed by atoms with van der Waals surface area (Å²) in [6.45, 7) is 6.20. The van der Waals surface area contributed by atoms with Gasteiger partial charge in [-0.3, -0.25) is 4.79 Å². The molecule has 2 N–H and O–H groups in total. The van der Waals surface area contributed by atoms with Gasteiger partial charge < -0.3 is 20.1 Å². The SMILES string of the molecule is COc1cc(C)c(CN(C)C(=O)C(C)C(C)N)cc1OC. The van der Waals surface area contributed by atoms with Crippen molar-refractivity contribution in [3.8, 4) is 11.5 Å². The molecule has 1 aromatic carbocycles. The second kappa shape index (κ2) is 7.31. The van der Waals surface area contributed by atoms with Gasteiger partial charge in [-0.1, -0.05) is 6.92 Å². The molecule has 0 aliphatic heterocycles. The van der Waals surface area contributed by atoms with Crippen molar-refractivity contribution in [2.24, 2.45) is 11.7 Å². The Bertz CT molecular complexity index is 501. The second-order valence-corrected chi connectivity index (χ2v) is 5.48. The van der Waals surface area contributed by atoms with Gasteiger partial charge in [0.1, 0.15) is 0 Å². The Morgan fingerprint density at radius 1 is 1.24 bits per heavy atom. The van der Waals surface area contributed by atoms with Crippen LogP contribution in [0.2, 0.25) is 0 Å². The third-order valence-corrected chi connectivity index (χ3v) is 3.80. The van der Waals surface area contributed by atoms with Crippen molar-refractivity contribution in [1.29, 1.82) is 0 Å². The normalized spacial score (nSPS) is 13.5. The number of benzene rings is 1. The smallest absolute Gasteiger partial charge is 0.226 e. The third-order valence-electron chi connectivity index (χ3n) is 3.80. The largest absolute Gasteiger partial charge is 0.493 e. The maximum atomic E-state index is 12.3. The molecule has 0 aliphatic rings. The number of rotatable bonds is 6. The van der Waals surface area contributed by atoms with E-state index in [-0.39, 0.29) is 17.9 Å². The molecule has 0 saturated carbocycles. The molecule has 0 bridgehead atoms. The molecular formula is C16H26N2O3. The molecule has 2 atom stereocenters. The number of hydrogen-bond acceptors (Lipinski definition) is 4. The molecule has 1 rings (SSSR count). The zero-order valence-electron chi connectivity index (χ0n) is 13.8. The Balaban J connectivity index is 2.95. The van der Waals surface area contributed by atoms with Crippen LogP contribution in [0.5, 0.6) is 11.5 Å². The van der Waals surface area contributed by atoms with Gasteiger partial charge in [-0.25, -0.2) is 0 Å². The maximum Gasteiger partial charge on any atom is 0.226 e. The first kappa shape index (κ1) is 17.3. The highest BCUT2D eigenvalue weighted by molar-refractivity contribution is 5.79. The zero-order valence-corrected chi connectivity index (χ0v) is 13.8. The summed E-state index contributed by atoms with van der Waals surface area (Å²) in [6.07, 6.45) is 0. The number of methoxy groups -OCH3 is 2.